The fourth-order valence-corrected chi connectivity index (χ4v) is 3.31. The molecule has 0 spiro atoms. The van der Waals surface area contributed by atoms with Crippen molar-refractivity contribution in [3.63, 3.8) is 0 Å². The van der Waals surface area contributed by atoms with E-state index in [9.17, 15) is 4.79 Å². The normalized spacial score (nSPS) is 28.4. The SMILES string of the molecule is CCOC(=O)C(CN1CCOC2CCCC21)NC(C)C. The van der Waals surface area contributed by atoms with Crippen molar-refractivity contribution in [3.8, 4) is 0 Å². The van der Waals surface area contributed by atoms with Crippen LogP contribution in [0.3, 0.4) is 0 Å². The van der Waals surface area contributed by atoms with Gasteiger partial charge in [-0.2, -0.15) is 0 Å². The molecule has 2 aliphatic rings. The molecular formula is C15H28N2O3. The van der Waals surface area contributed by atoms with Crippen LogP contribution in [0.25, 0.3) is 0 Å². The van der Waals surface area contributed by atoms with Gasteiger partial charge >= 0.3 is 5.97 Å². The first kappa shape index (κ1) is 15.7. The van der Waals surface area contributed by atoms with Gasteiger partial charge in [0.1, 0.15) is 6.04 Å². The Hall–Kier alpha value is -0.650. The zero-order valence-electron chi connectivity index (χ0n) is 12.9. The number of nitrogens with zero attached hydrogens (tertiary/aromatic N) is 1. The second-order valence-corrected chi connectivity index (χ2v) is 6.03. The van der Waals surface area contributed by atoms with Crippen LogP contribution in [-0.4, -0.2) is 61.4 Å². The van der Waals surface area contributed by atoms with Crippen LogP contribution in [-0.2, 0) is 14.3 Å². The molecule has 5 nitrogen and oxygen atoms in total. The number of hydrogen-bond donors (Lipinski definition) is 1. The third-order valence-electron chi connectivity index (χ3n) is 4.12. The Morgan fingerprint density at radius 1 is 1.45 bits per heavy atom. The van der Waals surface area contributed by atoms with Gasteiger partial charge in [0.25, 0.3) is 0 Å². The number of hydrogen-bond acceptors (Lipinski definition) is 5. The standard InChI is InChI=1S/C15H28N2O3/c1-4-19-15(18)12(16-11(2)3)10-17-8-9-20-14-7-5-6-13(14)17/h11-14,16H,4-10H2,1-3H3. The van der Waals surface area contributed by atoms with Crippen molar-refractivity contribution in [1.82, 2.24) is 10.2 Å². The highest BCUT2D eigenvalue weighted by Gasteiger charge is 2.37. The van der Waals surface area contributed by atoms with Gasteiger partial charge in [0, 0.05) is 25.2 Å². The number of carbonyl (C=O) groups excluding carboxylic acids is 1. The molecule has 20 heavy (non-hydrogen) atoms. The monoisotopic (exact) mass is 284 g/mol. The Bertz CT molecular complexity index is 322. The van der Waals surface area contributed by atoms with Crippen molar-refractivity contribution in [3.05, 3.63) is 0 Å². The Labute approximate surface area is 122 Å². The summed E-state index contributed by atoms with van der Waals surface area (Å²) in [5.74, 6) is -0.137. The van der Waals surface area contributed by atoms with Gasteiger partial charge in [-0.15, -0.1) is 0 Å². The Kier molecular flexibility index (Phi) is 5.81. The summed E-state index contributed by atoms with van der Waals surface area (Å²) in [5.41, 5.74) is 0. The first-order valence-corrected chi connectivity index (χ1v) is 7.90. The van der Waals surface area contributed by atoms with Crippen LogP contribution < -0.4 is 5.32 Å². The van der Waals surface area contributed by atoms with Crippen molar-refractivity contribution in [2.75, 3.05) is 26.3 Å². The highest BCUT2D eigenvalue weighted by atomic mass is 16.5. The molecule has 1 N–H and O–H groups in total. The van der Waals surface area contributed by atoms with Gasteiger partial charge in [-0.1, -0.05) is 13.8 Å². The summed E-state index contributed by atoms with van der Waals surface area (Å²) in [6.45, 7) is 8.82. The van der Waals surface area contributed by atoms with E-state index < -0.39 is 0 Å². The molecule has 0 radical (unpaired) electrons. The van der Waals surface area contributed by atoms with Crippen molar-refractivity contribution < 1.29 is 14.3 Å². The Balaban J connectivity index is 1.96. The summed E-state index contributed by atoms with van der Waals surface area (Å²) < 4.78 is 11.0. The molecule has 0 aromatic heterocycles. The maximum atomic E-state index is 12.1. The number of morpholine rings is 1. The predicted molar refractivity (Wildman–Crippen MR) is 77.6 cm³/mol. The number of rotatable bonds is 6. The molecule has 116 valence electrons. The van der Waals surface area contributed by atoms with Gasteiger partial charge in [0.15, 0.2) is 0 Å². The smallest absolute Gasteiger partial charge is 0.324 e. The molecule has 1 heterocycles. The van der Waals surface area contributed by atoms with Crippen LogP contribution >= 0.6 is 0 Å². The lowest BCUT2D eigenvalue weighted by Gasteiger charge is -2.39. The van der Waals surface area contributed by atoms with E-state index in [0.29, 0.717) is 18.8 Å². The molecule has 0 amide bonds. The number of esters is 1. The van der Waals surface area contributed by atoms with Gasteiger partial charge in [-0.25, -0.2) is 0 Å². The van der Waals surface area contributed by atoms with Crippen LogP contribution in [0.1, 0.15) is 40.0 Å². The summed E-state index contributed by atoms with van der Waals surface area (Å²) in [6, 6.07) is 0.508. The summed E-state index contributed by atoms with van der Waals surface area (Å²) in [7, 11) is 0. The molecule has 5 heteroatoms. The lowest BCUT2D eigenvalue weighted by molar-refractivity contribution is -0.147. The molecule has 1 saturated heterocycles. The average molecular weight is 284 g/mol. The molecule has 3 atom stereocenters. The number of ether oxygens (including phenoxy) is 2. The topological polar surface area (TPSA) is 50.8 Å². The first-order valence-electron chi connectivity index (χ1n) is 7.90. The second kappa shape index (κ2) is 7.38. The van der Waals surface area contributed by atoms with Gasteiger partial charge in [0.2, 0.25) is 0 Å². The maximum Gasteiger partial charge on any atom is 0.324 e. The van der Waals surface area contributed by atoms with Crippen molar-refractivity contribution in [2.24, 2.45) is 0 Å². The van der Waals surface area contributed by atoms with E-state index in [0.717, 1.165) is 26.1 Å². The molecule has 1 aliphatic carbocycles. The van der Waals surface area contributed by atoms with Crippen LogP contribution in [0, 0.1) is 0 Å². The molecule has 0 bridgehead atoms. The van der Waals surface area contributed by atoms with Gasteiger partial charge < -0.3 is 14.8 Å². The van der Waals surface area contributed by atoms with Crippen molar-refractivity contribution >= 4 is 5.97 Å². The summed E-state index contributed by atoms with van der Waals surface area (Å²) in [5, 5.41) is 3.33. The fourth-order valence-electron chi connectivity index (χ4n) is 3.31. The maximum absolute atomic E-state index is 12.1. The zero-order chi connectivity index (χ0) is 14.5. The lowest BCUT2D eigenvalue weighted by Crippen LogP contribution is -2.56. The van der Waals surface area contributed by atoms with E-state index in [4.69, 9.17) is 9.47 Å². The van der Waals surface area contributed by atoms with Crippen LogP contribution in [0.2, 0.25) is 0 Å². The quantitative estimate of drug-likeness (QED) is 0.742. The minimum absolute atomic E-state index is 0.137. The van der Waals surface area contributed by atoms with Crippen LogP contribution in [0.15, 0.2) is 0 Å². The van der Waals surface area contributed by atoms with Crippen molar-refractivity contribution in [1.29, 1.82) is 0 Å². The van der Waals surface area contributed by atoms with E-state index in [1.165, 1.54) is 12.8 Å². The number of nitrogens with one attached hydrogen (secondary N) is 1. The highest BCUT2D eigenvalue weighted by Crippen LogP contribution is 2.29. The van der Waals surface area contributed by atoms with E-state index in [2.05, 4.69) is 24.1 Å². The Morgan fingerprint density at radius 2 is 2.25 bits per heavy atom. The fraction of sp³-hybridized carbons (Fsp3) is 0.933. The summed E-state index contributed by atoms with van der Waals surface area (Å²) in [6.07, 6.45) is 3.93. The number of carbonyl (C=O) groups is 1. The Morgan fingerprint density at radius 3 is 2.95 bits per heavy atom. The zero-order valence-corrected chi connectivity index (χ0v) is 12.9. The molecule has 2 rings (SSSR count). The predicted octanol–water partition coefficient (Wildman–Crippen LogP) is 1.17. The van der Waals surface area contributed by atoms with E-state index in [-0.39, 0.29) is 18.1 Å². The van der Waals surface area contributed by atoms with Gasteiger partial charge in [0.05, 0.1) is 19.3 Å². The van der Waals surface area contributed by atoms with Crippen LogP contribution in [0.5, 0.6) is 0 Å². The lowest BCUT2D eigenvalue weighted by atomic mass is 10.1. The third kappa shape index (κ3) is 3.93. The van der Waals surface area contributed by atoms with E-state index in [1.807, 2.05) is 6.92 Å². The van der Waals surface area contributed by atoms with E-state index >= 15 is 0 Å². The molecule has 0 aromatic carbocycles. The highest BCUT2D eigenvalue weighted by molar-refractivity contribution is 5.76. The second-order valence-electron chi connectivity index (χ2n) is 6.03. The molecular weight excluding hydrogens is 256 g/mol. The minimum atomic E-state index is -0.241. The molecule has 1 aliphatic heterocycles. The summed E-state index contributed by atoms with van der Waals surface area (Å²) >= 11 is 0. The number of fused-ring (bicyclic) bond motifs is 1. The molecule has 2 fully saturated rings. The van der Waals surface area contributed by atoms with Crippen LogP contribution in [0.4, 0.5) is 0 Å². The minimum Gasteiger partial charge on any atom is -0.465 e. The largest absolute Gasteiger partial charge is 0.465 e. The first-order chi connectivity index (χ1) is 9.61. The van der Waals surface area contributed by atoms with E-state index in [1.54, 1.807) is 0 Å². The molecule has 3 unspecified atom stereocenters. The third-order valence-corrected chi connectivity index (χ3v) is 4.12. The van der Waals surface area contributed by atoms with Gasteiger partial charge in [-0.05, 0) is 26.2 Å². The molecule has 0 aromatic rings. The summed E-state index contributed by atoms with van der Waals surface area (Å²) in [4.78, 5) is 14.5. The van der Waals surface area contributed by atoms with Crippen molar-refractivity contribution in [2.45, 2.75) is 64.3 Å². The van der Waals surface area contributed by atoms with Gasteiger partial charge in [-0.3, -0.25) is 9.69 Å². The average Bonchev–Trinajstić information content (AvgIpc) is 2.87. The molecule has 1 saturated carbocycles.